The number of piperidine rings is 1. The third kappa shape index (κ3) is 3.48. The van der Waals surface area contributed by atoms with E-state index in [2.05, 4.69) is 16.1 Å². The second kappa shape index (κ2) is 6.24. The summed E-state index contributed by atoms with van der Waals surface area (Å²) in [5.41, 5.74) is 0. The Kier molecular flexibility index (Phi) is 4.65. The number of rotatable bonds is 3. The zero-order valence-corrected chi connectivity index (χ0v) is 9.95. The van der Waals surface area contributed by atoms with Crippen LogP contribution in [-0.4, -0.2) is 49.8 Å². The fourth-order valence-corrected chi connectivity index (χ4v) is 2.58. The summed E-state index contributed by atoms with van der Waals surface area (Å²) in [6, 6.07) is 1.37. The third-order valence-electron chi connectivity index (χ3n) is 3.60. The molecule has 0 amide bonds. The van der Waals surface area contributed by atoms with E-state index in [1.165, 1.54) is 25.7 Å². The SMILES string of the molecule is C#CCN1CCC(NC2CCOCC2)CC1. The smallest absolute Gasteiger partial charge is 0.0598 e. The Hall–Kier alpha value is -0.560. The molecule has 0 aromatic carbocycles. The molecule has 90 valence electrons. The van der Waals surface area contributed by atoms with Crippen molar-refractivity contribution in [3.63, 3.8) is 0 Å². The summed E-state index contributed by atoms with van der Waals surface area (Å²) in [5, 5.41) is 3.76. The Balaban J connectivity index is 1.66. The van der Waals surface area contributed by atoms with Crippen molar-refractivity contribution in [2.45, 2.75) is 37.8 Å². The Labute approximate surface area is 98.5 Å². The molecular weight excluding hydrogens is 200 g/mol. The van der Waals surface area contributed by atoms with Gasteiger partial charge in [0.2, 0.25) is 0 Å². The lowest BCUT2D eigenvalue weighted by Crippen LogP contribution is -2.47. The van der Waals surface area contributed by atoms with E-state index in [1.54, 1.807) is 0 Å². The molecule has 2 rings (SSSR count). The molecule has 0 radical (unpaired) electrons. The lowest BCUT2D eigenvalue weighted by atomic mass is 10.0. The molecule has 2 aliphatic rings. The van der Waals surface area contributed by atoms with Crippen molar-refractivity contribution in [3.05, 3.63) is 0 Å². The quantitative estimate of drug-likeness (QED) is 0.717. The summed E-state index contributed by atoms with van der Waals surface area (Å²) in [7, 11) is 0. The van der Waals surface area contributed by atoms with Gasteiger partial charge >= 0.3 is 0 Å². The van der Waals surface area contributed by atoms with Crippen LogP contribution in [0.1, 0.15) is 25.7 Å². The number of hydrogen-bond acceptors (Lipinski definition) is 3. The molecule has 1 N–H and O–H groups in total. The average Bonchev–Trinajstić information content (AvgIpc) is 2.33. The van der Waals surface area contributed by atoms with Gasteiger partial charge in [-0.1, -0.05) is 5.92 Å². The van der Waals surface area contributed by atoms with Gasteiger partial charge in [0.1, 0.15) is 0 Å². The lowest BCUT2D eigenvalue weighted by Gasteiger charge is -2.34. The minimum Gasteiger partial charge on any atom is -0.381 e. The maximum absolute atomic E-state index is 5.37. The van der Waals surface area contributed by atoms with Crippen LogP contribution in [0.2, 0.25) is 0 Å². The molecule has 0 atom stereocenters. The van der Waals surface area contributed by atoms with Gasteiger partial charge in [0, 0.05) is 38.4 Å². The molecule has 0 saturated carbocycles. The molecule has 0 aromatic heterocycles. The van der Waals surface area contributed by atoms with Crippen LogP contribution in [0.5, 0.6) is 0 Å². The minimum absolute atomic E-state index is 0.679. The van der Waals surface area contributed by atoms with Gasteiger partial charge in [-0.15, -0.1) is 6.42 Å². The van der Waals surface area contributed by atoms with Crippen LogP contribution in [0.3, 0.4) is 0 Å². The highest BCUT2D eigenvalue weighted by molar-refractivity contribution is 4.91. The Morgan fingerprint density at radius 1 is 1.12 bits per heavy atom. The van der Waals surface area contributed by atoms with Crippen LogP contribution < -0.4 is 5.32 Å². The predicted octanol–water partition coefficient (Wildman–Crippen LogP) is 0.853. The van der Waals surface area contributed by atoms with Crippen molar-refractivity contribution in [1.29, 1.82) is 0 Å². The van der Waals surface area contributed by atoms with Crippen LogP contribution >= 0.6 is 0 Å². The van der Waals surface area contributed by atoms with E-state index < -0.39 is 0 Å². The first-order valence-corrected chi connectivity index (χ1v) is 6.38. The fraction of sp³-hybridized carbons (Fsp3) is 0.846. The van der Waals surface area contributed by atoms with Crippen molar-refractivity contribution >= 4 is 0 Å². The number of terminal acetylenes is 1. The molecule has 0 unspecified atom stereocenters. The van der Waals surface area contributed by atoms with E-state index in [4.69, 9.17) is 11.2 Å². The van der Waals surface area contributed by atoms with E-state index in [9.17, 15) is 0 Å². The minimum atomic E-state index is 0.679. The van der Waals surface area contributed by atoms with Gasteiger partial charge in [-0.25, -0.2) is 0 Å². The number of hydrogen-bond donors (Lipinski definition) is 1. The summed E-state index contributed by atoms with van der Waals surface area (Å²) in [6.45, 7) is 4.95. The Bertz CT molecular complexity index is 235. The van der Waals surface area contributed by atoms with Gasteiger partial charge in [-0.3, -0.25) is 4.90 Å². The van der Waals surface area contributed by atoms with Gasteiger partial charge in [0.25, 0.3) is 0 Å². The molecule has 16 heavy (non-hydrogen) atoms. The first-order chi connectivity index (χ1) is 7.88. The third-order valence-corrected chi connectivity index (χ3v) is 3.60. The summed E-state index contributed by atoms with van der Waals surface area (Å²) < 4.78 is 5.37. The average molecular weight is 222 g/mol. The van der Waals surface area contributed by atoms with E-state index in [-0.39, 0.29) is 0 Å². The number of likely N-dealkylation sites (tertiary alicyclic amines) is 1. The molecule has 2 fully saturated rings. The Morgan fingerprint density at radius 2 is 1.75 bits per heavy atom. The maximum Gasteiger partial charge on any atom is 0.0598 e. The van der Waals surface area contributed by atoms with Gasteiger partial charge < -0.3 is 10.1 Å². The largest absolute Gasteiger partial charge is 0.381 e. The molecular formula is C13H22N2O. The van der Waals surface area contributed by atoms with E-state index in [1.807, 2.05) is 0 Å². The number of nitrogens with zero attached hydrogens (tertiary/aromatic N) is 1. The highest BCUT2D eigenvalue weighted by Crippen LogP contribution is 2.14. The summed E-state index contributed by atoms with van der Waals surface area (Å²) >= 11 is 0. The highest BCUT2D eigenvalue weighted by atomic mass is 16.5. The first kappa shape index (κ1) is 11.9. The van der Waals surface area contributed by atoms with Gasteiger partial charge in [-0.05, 0) is 25.7 Å². The zero-order valence-electron chi connectivity index (χ0n) is 9.95. The lowest BCUT2D eigenvalue weighted by molar-refractivity contribution is 0.0711. The number of nitrogens with one attached hydrogen (secondary N) is 1. The van der Waals surface area contributed by atoms with Gasteiger partial charge in [0.15, 0.2) is 0 Å². The van der Waals surface area contributed by atoms with E-state index in [0.717, 1.165) is 32.8 Å². The Morgan fingerprint density at radius 3 is 2.38 bits per heavy atom. The van der Waals surface area contributed by atoms with E-state index >= 15 is 0 Å². The highest BCUT2D eigenvalue weighted by Gasteiger charge is 2.22. The van der Waals surface area contributed by atoms with Crippen LogP contribution in [0.4, 0.5) is 0 Å². The molecule has 2 saturated heterocycles. The topological polar surface area (TPSA) is 24.5 Å². The van der Waals surface area contributed by atoms with Crippen LogP contribution in [-0.2, 0) is 4.74 Å². The first-order valence-electron chi connectivity index (χ1n) is 6.38. The fourth-order valence-electron chi connectivity index (χ4n) is 2.58. The van der Waals surface area contributed by atoms with Crippen molar-refractivity contribution < 1.29 is 4.74 Å². The van der Waals surface area contributed by atoms with Gasteiger partial charge in [-0.2, -0.15) is 0 Å². The molecule has 0 aromatic rings. The summed E-state index contributed by atoms with van der Waals surface area (Å²) in [4.78, 5) is 2.36. The maximum atomic E-state index is 5.37. The molecule has 3 heteroatoms. The van der Waals surface area contributed by atoms with Crippen molar-refractivity contribution in [3.8, 4) is 12.3 Å². The van der Waals surface area contributed by atoms with Crippen LogP contribution in [0.15, 0.2) is 0 Å². The van der Waals surface area contributed by atoms with Crippen molar-refractivity contribution in [2.24, 2.45) is 0 Å². The normalized spacial score (nSPS) is 25.4. The van der Waals surface area contributed by atoms with Gasteiger partial charge in [0.05, 0.1) is 6.54 Å². The molecule has 2 heterocycles. The molecule has 0 spiro atoms. The predicted molar refractivity (Wildman–Crippen MR) is 65.3 cm³/mol. The van der Waals surface area contributed by atoms with Crippen LogP contribution in [0, 0.1) is 12.3 Å². The standard InChI is InChI=1S/C13H22N2O/c1-2-7-15-8-3-12(4-9-15)14-13-5-10-16-11-6-13/h1,12-14H,3-11H2. The van der Waals surface area contributed by atoms with Crippen molar-refractivity contribution in [2.75, 3.05) is 32.8 Å². The molecule has 2 aliphatic heterocycles. The second-order valence-electron chi connectivity index (χ2n) is 4.81. The van der Waals surface area contributed by atoms with Crippen LogP contribution in [0.25, 0.3) is 0 Å². The summed E-state index contributed by atoms with van der Waals surface area (Å²) in [6.07, 6.45) is 10.1. The number of ether oxygens (including phenoxy) is 1. The van der Waals surface area contributed by atoms with Crippen molar-refractivity contribution in [1.82, 2.24) is 10.2 Å². The molecule has 3 nitrogen and oxygen atoms in total. The molecule has 0 aliphatic carbocycles. The summed E-state index contributed by atoms with van der Waals surface area (Å²) in [5.74, 6) is 2.72. The second-order valence-corrected chi connectivity index (χ2v) is 4.81. The molecule has 0 bridgehead atoms. The monoisotopic (exact) mass is 222 g/mol. The van der Waals surface area contributed by atoms with E-state index in [0.29, 0.717) is 12.1 Å². The zero-order chi connectivity index (χ0) is 11.2.